The molecular weight excluding hydrogens is 202 g/mol. The van der Waals surface area contributed by atoms with Crippen molar-refractivity contribution < 1.29 is 4.74 Å². The fourth-order valence-electron chi connectivity index (χ4n) is 2.01. The monoisotopic (exact) mass is 223 g/mol. The summed E-state index contributed by atoms with van der Waals surface area (Å²) in [5.74, 6) is 0. The first-order valence-corrected chi connectivity index (χ1v) is 6.17. The number of nitrogens with one attached hydrogen (secondary N) is 1. The van der Waals surface area contributed by atoms with Gasteiger partial charge in [0, 0.05) is 37.5 Å². The molecule has 1 saturated heterocycles. The summed E-state index contributed by atoms with van der Waals surface area (Å²) < 4.78 is 7.54. The topological polar surface area (TPSA) is 39.1 Å². The zero-order valence-corrected chi connectivity index (χ0v) is 10.1. The Hall–Kier alpha value is -0.870. The van der Waals surface area contributed by atoms with Crippen molar-refractivity contribution in [2.75, 3.05) is 13.2 Å². The minimum Gasteiger partial charge on any atom is -0.377 e. The lowest BCUT2D eigenvalue weighted by molar-refractivity contribution is 0.108. The van der Waals surface area contributed by atoms with E-state index in [0.29, 0.717) is 12.1 Å². The highest BCUT2D eigenvalue weighted by atomic mass is 16.5. The van der Waals surface area contributed by atoms with E-state index in [1.54, 1.807) is 0 Å². The molecule has 0 saturated carbocycles. The summed E-state index contributed by atoms with van der Waals surface area (Å²) in [7, 11) is 0. The second-order valence-electron chi connectivity index (χ2n) is 4.39. The first-order valence-electron chi connectivity index (χ1n) is 6.17. The van der Waals surface area contributed by atoms with Crippen LogP contribution in [-0.2, 0) is 11.3 Å². The highest BCUT2D eigenvalue weighted by molar-refractivity contribution is 5.09. The van der Waals surface area contributed by atoms with E-state index < -0.39 is 0 Å². The number of hydrogen-bond donors (Lipinski definition) is 1. The Morgan fingerprint density at radius 2 is 2.56 bits per heavy atom. The molecule has 16 heavy (non-hydrogen) atoms. The van der Waals surface area contributed by atoms with Gasteiger partial charge < -0.3 is 10.1 Å². The molecule has 1 aromatic rings. The smallest absolute Gasteiger partial charge is 0.0700 e. The van der Waals surface area contributed by atoms with E-state index in [2.05, 4.69) is 30.5 Å². The molecule has 0 amide bonds. The molecule has 0 spiro atoms. The van der Waals surface area contributed by atoms with E-state index in [0.717, 1.165) is 19.7 Å². The molecule has 2 atom stereocenters. The van der Waals surface area contributed by atoms with E-state index in [4.69, 9.17) is 4.74 Å². The number of nitrogens with zero attached hydrogens (tertiary/aromatic N) is 2. The van der Waals surface area contributed by atoms with E-state index in [9.17, 15) is 0 Å². The molecule has 4 nitrogen and oxygen atoms in total. The Bertz CT molecular complexity index is 318. The largest absolute Gasteiger partial charge is 0.377 e. The third kappa shape index (κ3) is 2.83. The van der Waals surface area contributed by atoms with E-state index in [1.807, 2.05) is 10.9 Å². The molecule has 2 rings (SSSR count). The lowest BCUT2D eigenvalue weighted by Crippen LogP contribution is -2.28. The first kappa shape index (κ1) is 11.6. The highest BCUT2D eigenvalue weighted by Gasteiger charge is 2.16. The summed E-state index contributed by atoms with van der Waals surface area (Å²) in [6.07, 6.45) is 6.84. The van der Waals surface area contributed by atoms with Crippen molar-refractivity contribution in [3.05, 3.63) is 18.0 Å². The Kier molecular flexibility index (Phi) is 3.96. The van der Waals surface area contributed by atoms with Crippen molar-refractivity contribution in [1.82, 2.24) is 15.1 Å². The molecule has 2 heterocycles. The number of aryl methyl sites for hydroxylation is 1. The van der Waals surface area contributed by atoms with Gasteiger partial charge in [-0.25, -0.2) is 0 Å². The van der Waals surface area contributed by atoms with Crippen LogP contribution in [0.4, 0.5) is 0 Å². The van der Waals surface area contributed by atoms with Gasteiger partial charge in [0.2, 0.25) is 0 Å². The van der Waals surface area contributed by atoms with Crippen LogP contribution in [0, 0.1) is 0 Å². The SMILES string of the molecule is CCn1cc(C(C)NCC2CCCO2)cn1. The van der Waals surface area contributed by atoms with Crippen molar-refractivity contribution in [3.8, 4) is 0 Å². The molecule has 1 fully saturated rings. The van der Waals surface area contributed by atoms with Crippen molar-refractivity contribution in [2.45, 2.75) is 45.4 Å². The first-order chi connectivity index (χ1) is 7.79. The van der Waals surface area contributed by atoms with Crippen molar-refractivity contribution in [3.63, 3.8) is 0 Å². The zero-order valence-electron chi connectivity index (χ0n) is 10.1. The highest BCUT2D eigenvalue weighted by Crippen LogP contribution is 2.14. The van der Waals surface area contributed by atoms with Crippen LogP contribution < -0.4 is 5.32 Å². The predicted octanol–water partition coefficient (Wildman–Crippen LogP) is 1.73. The predicted molar refractivity (Wildman–Crippen MR) is 63.3 cm³/mol. The minimum absolute atomic E-state index is 0.351. The third-order valence-corrected chi connectivity index (χ3v) is 3.15. The van der Waals surface area contributed by atoms with Crippen LogP contribution in [-0.4, -0.2) is 29.0 Å². The normalized spacial score (nSPS) is 22.5. The van der Waals surface area contributed by atoms with Crippen LogP contribution in [0.25, 0.3) is 0 Å². The summed E-state index contributed by atoms with van der Waals surface area (Å²) in [6, 6.07) is 0.351. The van der Waals surface area contributed by atoms with Crippen LogP contribution in [0.1, 0.15) is 38.3 Å². The average molecular weight is 223 g/mol. The molecule has 0 aromatic carbocycles. The number of hydrogen-bond acceptors (Lipinski definition) is 3. The summed E-state index contributed by atoms with van der Waals surface area (Å²) in [4.78, 5) is 0. The van der Waals surface area contributed by atoms with Crippen molar-refractivity contribution >= 4 is 0 Å². The third-order valence-electron chi connectivity index (χ3n) is 3.15. The zero-order chi connectivity index (χ0) is 11.4. The van der Waals surface area contributed by atoms with Gasteiger partial charge in [0.25, 0.3) is 0 Å². The second kappa shape index (κ2) is 5.46. The maximum Gasteiger partial charge on any atom is 0.0700 e. The molecule has 1 aromatic heterocycles. The van der Waals surface area contributed by atoms with E-state index in [1.165, 1.54) is 18.4 Å². The Morgan fingerprint density at radius 3 is 3.19 bits per heavy atom. The number of aromatic nitrogens is 2. The number of rotatable bonds is 5. The van der Waals surface area contributed by atoms with Gasteiger partial charge in [-0.3, -0.25) is 4.68 Å². The van der Waals surface area contributed by atoms with Crippen LogP contribution in [0.2, 0.25) is 0 Å². The number of ether oxygens (including phenoxy) is 1. The summed E-state index contributed by atoms with van der Waals surface area (Å²) in [6.45, 7) is 7.07. The minimum atomic E-state index is 0.351. The van der Waals surface area contributed by atoms with Gasteiger partial charge >= 0.3 is 0 Å². The van der Waals surface area contributed by atoms with Gasteiger partial charge in [-0.15, -0.1) is 0 Å². The fraction of sp³-hybridized carbons (Fsp3) is 0.750. The summed E-state index contributed by atoms with van der Waals surface area (Å²) in [5.41, 5.74) is 1.25. The lowest BCUT2D eigenvalue weighted by Gasteiger charge is -2.15. The van der Waals surface area contributed by atoms with Crippen LogP contribution in [0.5, 0.6) is 0 Å². The Labute approximate surface area is 97.0 Å². The van der Waals surface area contributed by atoms with Gasteiger partial charge in [0.1, 0.15) is 0 Å². The van der Waals surface area contributed by atoms with E-state index >= 15 is 0 Å². The van der Waals surface area contributed by atoms with Gasteiger partial charge in [0.05, 0.1) is 12.3 Å². The maximum atomic E-state index is 5.58. The van der Waals surface area contributed by atoms with E-state index in [-0.39, 0.29) is 0 Å². The summed E-state index contributed by atoms with van der Waals surface area (Å²) in [5, 5.41) is 7.78. The molecular formula is C12H21N3O. The Morgan fingerprint density at radius 1 is 1.69 bits per heavy atom. The molecule has 2 unspecified atom stereocenters. The van der Waals surface area contributed by atoms with Gasteiger partial charge in [-0.1, -0.05) is 0 Å². The fourth-order valence-corrected chi connectivity index (χ4v) is 2.01. The molecule has 1 N–H and O–H groups in total. The standard InChI is InChI=1S/C12H21N3O/c1-3-15-9-11(7-14-15)10(2)13-8-12-5-4-6-16-12/h7,9-10,12-13H,3-6,8H2,1-2H3. The average Bonchev–Trinajstić information content (AvgIpc) is 2.96. The van der Waals surface area contributed by atoms with Crippen LogP contribution in [0.15, 0.2) is 12.4 Å². The molecule has 4 heteroatoms. The molecule has 1 aliphatic heterocycles. The summed E-state index contributed by atoms with van der Waals surface area (Å²) >= 11 is 0. The van der Waals surface area contributed by atoms with Gasteiger partial charge in [-0.05, 0) is 26.7 Å². The Balaban J connectivity index is 1.80. The molecule has 0 radical (unpaired) electrons. The van der Waals surface area contributed by atoms with Crippen molar-refractivity contribution in [1.29, 1.82) is 0 Å². The van der Waals surface area contributed by atoms with Gasteiger partial charge in [-0.2, -0.15) is 5.10 Å². The second-order valence-corrected chi connectivity index (χ2v) is 4.39. The van der Waals surface area contributed by atoms with Crippen molar-refractivity contribution in [2.24, 2.45) is 0 Å². The molecule has 0 aliphatic carbocycles. The molecule has 0 bridgehead atoms. The van der Waals surface area contributed by atoms with Gasteiger partial charge in [0.15, 0.2) is 0 Å². The molecule has 90 valence electrons. The maximum absolute atomic E-state index is 5.58. The van der Waals surface area contributed by atoms with Crippen LogP contribution in [0.3, 0.4) is 0 Å². The van der Waals surface area contributed by atoms with Crippen LogP contribution >= 0.6 is 0 Å². The molecule has 1 aliphatic rings. The quantitative estimate of drug-likeness (QED) is 0.826. The lowest BCUT2D eigenvalue weighted by atomic mass is 10.1.